The first-order valence-corrected chi connectivity index (χ1v) is 6.60. The summed E-state index contributed by atoms with van der Waals surface area (Å²) in [6, 6.07) is 0. The van der Waals surface area contributed by atoms with Gasteiger partial charge in [-0.2, -0.15) is 0 Å². The lowest BCUT2D eigenvalue weighted by Crippen LogP contribution is -2.31. The Morgan fingerprint density at radius 1 is 1.53 bits per heavy atom. The van der Waals surface area contributed by atoms with Crippen LogP contribution in [0.3, 0.4) is 0 Å². The molecule has 0 aromatic carbocycles. The lowest BCUT2D eigenvalue weighted by atomic mass is 10.2. The summed E-state index contributed by atoms with van der Waals surface area (Å²) >= 11 is 6.27. The van der Waals surface area contributed by atoms with E-state index in [0.29, 0.717) is 0 Å². The van der Waals surface area contributed by atoms with Crippen LogP contribution in [0.4, 0.5) is 0 Å². The number of nitrogens with zero attached hydrogens (tertiary/aromatic N) is 3. The Kier molecular flexibility index (Phi) is 4.05. The molecule has 0 aliphatic carbocycles. The topological polar surface area (TPSA) is 38.1 Å². The minimum absolute atomic E-state index is 0.0158. The monoisotopic (exact) mass is 255 g/mol. The first-order valence-electron chi connectivity index (χ1n) is 6.17. The number of alkyl halides is 1. The van der Waals surface area contributed by atoms with Crippen LogP contribution in [0.1, 0.15) is 37.3 Å². The van der Waals surface area contributed by atoms with Gasteiger partial charge in [0.1, 0.15) is 0 Å². The molecule has 1 aromatic rings. The van der Waals surface area contributed by atoms with E-state index in [1.54, 1.807) is 12.5 Å². The molecule has 1 atom stereocenters. The second-order valence-corrected chi connectivity index (χ2v) is 4.84. The quantitative estimate of drug-likeness (QED) is 0.774. The highest BCUT2D eigenvalue weighted by Crippen LogP contribution is 2.24. The summed E-state index contributed by atoms with van der Waals surface area (Å²) in [5, 5.41) is -0.595. The Morgan fingerprint density at radius 3 is 2.88 bits per heavy atom. The van der Waals surface area contributed by atoms with E-state index in [4.69, 9.17) is 11.6 Å². The number of carbonyl (C=O) groups excluding carboxylic acids is 1. The molecule has 1 unspecified atom stereocenters. The molecule has 0 saturated carbocycles. The lowest BCUT2D eigenvalue weighted by Gasteiger charge is -2.19. The molecule has 1 aromatic heterocycles. The van der Waals surface area contributed by atoms with E-state index in [-0.39, 0.29) is 5.91 Å². The molecule has 5 heteroatoms. The SMILES string of the molecule is CCCn1cncc1C(Cl)C(=O)N1CCCC1. The van der Waals surface area contributed by atoms with Crippen LogP contribution in [0.5, 0.6) is 0 Å². The van der Waals surface area contributed by atoms with E-state index < -0.39 is 5.38 Å². The Hall–Kier alpha value is -1.03. The molecule has 0 spiro atoms. The molecule has 2 heterocycles. The normalized spacial score (nSPS) is 17.4. The smallest absolute Gasteiger partial charge is 0.246 e. The molecule has 1 saturated heterocycles. The molecule has 0 bridgehead atoms. The predicted octanol–water partition coefficient (Wildman–Crippen LogP) is 2.20. The van der Waals surface area contributed by atoms with Crippen LogP contribution < -0.4 is 0 Å². The third-order valence-corrected chi connectivity index (χ3v) is 3.51. The van der Waals surface area contributed by atoms with Crippen LogP contribution in [0.2, 0.25) is 0 Å². The summed E-state index contributed by atoms with van der Waals surface area (Å²) in [7, 11) is 0. The van der Waals surface area contributed by atoms with Crippen molar-refractivity contribution < 1.29 is 4.79 Å². The zero-order chi connectivity index (χ0) is 12.3. The lowest BCUT2D eigenvalue weighted by molar-refractivity contribution is -0.129. The summed E-state index contributed by atoms with van der Waals surface area (Å²) in [4.78, 5) is 18.1. The van der Waals surface area contributed by atoms with Crippen molar-refractivity contribution in [1.29, 1.82) is 0 Å². The maximum absolute atomic E-state index is 12.2. The summed E-state index contributed by atoms with van der Waals surface area (Å²) in [6.45, 7) is 4.62. The van der Waals surface area contributed by atoms with Gasteiger partial charge in [-0.1, -0.05) is 6.92 Å². The number of aryl methyl sites for hydroxylation is 1. The van der Waals surface area contributed by atoms with Gasteiger partial charge < -0.3 is 9.47 Å². The van der Waals surface area contributed by atoms with Crippen LogP contribution in [0.15, 0.2) is 12.5 Å². The van der Waals surface area contributed by atoms with Crippen molar-refractivity contribution in [2.45, 2.75) is 38.1 Å². The van der Waals surface area contributed by atoms with E-state index in [2.05, 4.69) is 11.9 Å². The number of hydrogen-bond acceptors (Lipinski definition) is 2. The molecule has 4 nitrogen and oxygen atoms in total. The summed E-state index contributed by atoms with van der Waals surface area (Å²) in [6.07, 6.45) is 6.62. The number of aromatic nitrogens is 2. The third kappa shape index (κ3) is 2.63. The van der Waals surface area contributed by atoms with Gasteiger partial charge in [0.15, 0.2) is 5.38 Å². The first kappa shape index (κ1) is 12.4. The van der Waals surface area contributed by atoms with Gasteiger partial charge >= 0.3 is 0 Å². The van der Waals surface area contributed by atoms with Gasteiger partial charge in [-0.05, 0) is 19.3 Å². The van der Waals surface area contributed by atoms with Crippen molar-refractivity contribution in [3.63, 3.8) is 0 Å². The van der Waals surface area contributed by atoms with Crippen LogP contribution in [-0.4, -0.2) is 33.4 Å². The van der Waals surface area contributed by atoms with Gasteiger partial charge in [-0.3, -0.25) is 4.79 Å². The predicted molar refractivity (Wildman–Crippen MR) is 66.9 cm³/mol. The maximum Gasteiger partial charge on any atom is 0.246 e. The van der Waals surface area contributed by atoms with Crippen molar-refractivity contribution in [2.75, 3.05) is 13.1 Å². The highest BCUT2D eigenvalue weighted by Gasteiger charge is 2.27. The fourth-order valence-electron chi connectivity index (χ4n) is 2.19. The first-order chi connectivity index (χ1) is 8.24. The number of rotatable bonds is 4. The number of amides is 1. The van der Waals surface area contributed by atoms with E-state index in [9.17, 15) is 4.79 Å². The van der Waals surface area contributed by atoms with Gasteiger partial charge in [0.05, 0.1) is 18.2 Å². The Morgan fingerprint density at radius 2 is 2.24 bits per heavy atom. The molecule has 0 radical (unpaired) electrons. The van der Waals surface area contributed by atoms with E-state index >= 15 is 0 Å². The fourth-order valence-corrected chi connectivity index (χ4v) is 2.51. The average molecular weight is 256 g/mol. The van der Waals surface area contributed by atoms with Crippen LogP contribution in [-0.2, 0) is 11.3 Å². The minimum atomic E-state index is -0.595. The van der Waals surface area contributed by atoms with Crippen molar-refractivity contribution in [3.05, 3.63) is 18.2 Å². The summed E-state index contributed by atoms with van der Waals surface area (Å²) in [5.74, 6) is 0.0158. The van der Waals surface area contributed by atoms with Gasteiger partial charge in [0, 0.05) is 19.6 Å². The fraction of sp³-hybridized carbons (Fsp3) is 0.667. The van der Waals surface area contributed by atoms with E-state index in [1.807, 2.05) is 9.47 Å². The molecule has 0 N–H and O–H groups in total. The Bertz CT molecular complexity index is 385. The van der Waals surface area contributed by atoms with Crippen molar-refractivity contribution >= 4 is 17.5 Å². The Labute approximate surface area is 107 Å². The number of halogens is 1. The second kappa shape index (κ2) is 5.54. The average Bonchev–Trinajstić information content (AvgIpc) is 2.98. The van der Waals surface area contributed by atoms with Crippen molar-refractivity contribution in [2.24, 2.45) is 0 Å². The molecule has 17 heavy (non-hydrogen) atoms. The molecular formula is C12H18ClN3O. The van der Waals surface area contributed by atoms with Gasteiger partial charge in [-0.25, -0.2) is 4.98 Å². The zero-order valence-electron chi connectivity index (χ0n) is 10.1. The highest BCUT2D eigenvalue weighted by molar-refractivity contribution is 6.30. The Balaban J connectivity index is 2.09. The standard InChI is InChI=1S/C12H18ClN3O/c1-2-5-16-9-14-8-10(16)11(13)12(17)15-6-3-4-7-15/h8-9,11H,2-7H2,1H3. The van der Waals surface area contributed by atoms with Crippen molar-refractivity contribution in [1.82, 2.24) is 14.5 Å². The van der Waals surface area contributed by atoms with Gasteiger partial charge in [0.25, 0.3) is 0 Å². The van der Waals surface area contributed by atoms with Crippen LogP contribution >= 0.6 is 11.6 Å². The minimum Gasteiger partial charge on any atom is -0.341 e. The molecule has 1 aliphatic rings. The van der Waals surface area contributed by atoms with Crippen LogP contribution in [0, 0.1) is 0 Å². The summed E-state index contributed by atoms with van der Waals surface area (Å²) < 4.78 is 1.96. The number of carbonyl (C=O) groups is 1. The molecule has 2 rings (SSSR count). The summed E-state index contributed by atoms with van der Waals surface area (Å²) in [5.41, 5.74) is 0.811. The van der Waals surface area contributed by atoms with E-state index in [1.165, 1.54) is 0 Å². The second-order valence-electron chi connectivity index (χ2n) is 4.41. The largest absolute Gasteiger partial charge is 0.341 e. The highest BCUT2D eigenvalue weighted by atomic mass is 35.5. The van der Waals surface area contributed by atoms with Gasteiger partial charge in [-0.15, -0.1) is 11.6 Å². The maximum atomic E-state index is 12.2. The van der Waals surface area contributed by atoms with Crippen molar-refractivity contribution in [3.8, 4) is 0 Å². The number of likely N-dealkylation sites (tertiary alicyclic amines) is 1. The molecule has 1 aliphatic heterocycles. The third-order valence-electron chi connectivity index (χ3n) is 3.10. The molecule has 1 fully saturated rings. The molecule has 1 amide bonds. The van der Waals surface area contributed by atoms with E-state index in [0.717, 1.165) is 44.6 Å². The zero-order valence-corrected chi connectivity index (χ0v) is 10.9. The number of hydrogen-bond donors (Lipinski definition) is 0. The molecular weight excluding hydrogens is 238 g/mol. The van der Waals surface area contributed by atoms with Crippen LogP contribution in [0.25, 0.3) is 0 Å². The molecule has 94 valence electrons. The van der Waals surface area contributed by atoms with Gasteiger partial charge in [0.2, 0.25) is 5.91 Å². The number of imidazole rings is 1.